The number of hydrogen-bond donors (Lipinski definition) is 2. The summed E-state index contributed by atoms with van der Waals surface area (Å²) in [5.74, 6) is -1.85. The zero-order chi connectivity index (χ0) is 14.0. The van der Waals surface area contributed by atoms with Crippen LogP contribution in [0.15, 0.2) is 0 Å². The Labute approximate surface area is 111 Å². The van der Waals surface area contributed by atoms with Crippen LogP contribution in [0, 0.1) is 5.92 Å². The van der Waals surface area contributed by atoms with E-state index in [2.05, 4.69) is 0 Å². The number of nitrogens with zero attached hydrogens (tertiary/aromatic N) is 1. The van der Waals surface area contributed by atoms with Gasteiger partial charge < -0.3 is 25.2 Å². The summed E-state index contributed by atoms with van der Waals surface area (Å²) in [6.07, 6.45) is 0.920. The summed E-state index contributed by atoms with van der Waals surface area (Å²) in [4.78, 5) is 25.0. The second kappa shape index (κ2) is 5.44. The molecule has 7 nitrogen and oxygen atoms in total. The Bertz CT molecular complexity index is 367. The minimum absolute atomic E-state index is 0.137. The number of amides is 1. The number of carbonyl (C=O) groups is 2. The molecule has 2 atom stereocenters. The highest BCUT2D eigenvalue weighted by Gasteiger charge is 2.44. The topological polar surface area (TPSA) is 102 Å². The predicted molar refractivity (Wildman–Crippen MR) is 65.5 cm³/mol. The van der Waals surface area contributed by atoms with Crippen LogP contribution in [0.4, 0.5) is 0 Å². The van der Waals surface area contributed by atoms with Crippen LogP contribution in [0.1, 0.15) is 12.8 Å². The first-order valence-corrected chi connectivity index (χ1v) is 6.40. The molecule has 1 amide bonds. The highest BCUT2D eigenvalue weighted by molar-refractivity contribution is 5.87. The van der Waals surface area contributed by atoms with Crippen molar-refractivity contribution in [2.75, 3.05) is 33.5 Å². The van der Waals surface area contributed by atoms with E-state index in [0.29, 0.717) is 26.1 Å². The molecule has 19 heavy (non-hydrogen) atoms. The average molecular weight is 272 g/mol. The summed E-state index contributed by atoms with van der Waals surface area (Å²) in [7, 11) is 1.60. The summed E-state index contributed by atoms with van der Waals surface area (Å²) in [5, 5.41) is 9.12. The third-order valence-corrected chi connectivity index (χ3v) is 4.00. The number of likely N-dealkylation sites (N-methyl/N-ethyl adjacent to an activating group) is 1. The molecular formula is C12H20N2O5. The van der Waals surface area contributed by atoms with Crippen LogP contribution in [-0.4, -0.2) is 66.9 Å². The Balaban J connectivity index is 2.08. The lowest BCUT2D eigenvalue weighted by molar-refractivity contribution is -0.147. The average Bonchev–Trinajstić information content (AvgIpc) is 2.87. The molecule has 0 aliphatic carbocycles. The fraction of sp³-hybridized carbons (Fsp3) is 0.833. The second-order valence-corrected chi connectivity index (χ2v) is 5.23. The Morgan fingerprint density at radius 1 is 1.26 bits per heavy atom. The van der Waals surface area contributed by atoms with E-state index in [-0.39, 0.29) is 19.1 Å². The number of carboxylic acid groups (broad SMARTS) is 1. The standard InChI is InChI=1S/C12H20N2O5/c1-14(9-7-19-6-8(9)10(15)16)11(17)12(13)2-4-18-5-3-12/h8-9H,2-7,13H2,1H3,(H,15,16). The molecule has 0 bridgehead atoms. The summed E-state index contributed by atoms with van der Waals surface area (Å²) < 4.78 is 10.4. The quantitative estimate of drug-likeness (QED) is 0.687. The highest BCUT2D eigenvalue weighted by atomic mass is 16.5. The van der Waals surface area contributed by atoms with Crippen LogP contribution in [-0.2, 0) is 19.1 Å². The number of ether oxygens (including phenoxy) is 2. The minimum Gasteiger partial charge on any atom is -0.481 e. The van der Waals surface area contributed by atoms with Crippen molar-refractivity contribution in [3.63, 3.8) is 0 Å². The molecule has 2 unspecified atom stereocenters. The monoisotopic (exact) mass is 272 g/mol. The molecular weight excluding hydrogens is 252 g/mol. The lowest BCUT2D eigenvalue weighted by Crippen LogP contribution is -2.60. The Kier molecular flexibility index (Phi) is 4.07. The first kappa shape index (κ1) is 14.2. The first-order chi connectivity index (χ1) is 8.96. The third kappa shape index (κ3) is 2.72. The summed E-state index contributed by atoms with van der Waals surface area (Å²) in [6, 6.07) is -0.451. The first-order valence-electron chi connectivity index (χ1n) is 6.40. The molecule has 2 fully saturated rings. The maximum Gasteiger partial charge on any atom is 0.311 e. The summed E-state index contributed by atoms with van der Waals surface area (Å²) in [5.41, 5.74) is 5.19. The smallest absolute Gasteiger partial charge is 0.311 e. The van der Waals surface area contributed by atoms with E-state index in [4.69, 9.17) is 20.3 Å². The van der Waals surface area contributed by atoms with Crippen molar-refractivity contribution in [2.24, 2.45) is 11.7 Å². The van der Waals surface area contributed by atoms with E-state index >= 15 is 0 Å². The normalized spacial score (nSPS) is 30.0. The number of aliphatic carboxylic acids is 1. The van der Waals surface area contributed by atoms with Crippen LogP contribution in [0.25, 0.3) is 0 Å². The van der Waals surface area contributed by atoms with Crippen molar-refractivity contribution < 1.29 is 24.2 Å². The number of carboxylic acids is 1. The number of rotatable bonds is 3. The molecule has 0 radical (unpaired) electrons. The van der Waals surface area contributed by atoms with Crippen molar-refractivity contribution >= 4 is 11.9 Å². The molecule has 2 aliphatic heterocycles. The molecule has 2 rings (SSSR count). The zero-order valence-corrected chi connectivity index (χ0v) is 11.0. The maximum atomic E-state index is 12.5. The third-order valence-electron chi connectivity index (χ3n) is 4.00. The van der Waals surface area contributed by atoms with E-state index in [1.807, 2.05) is 0 Å². The van der Waals surface area contributed by atoms with Gasteiger partial charge >= 0.3 is 5.97 Å². The van der Waals surface area contributed by atoms with Crippen molar-refractivity contribution in [3.05, 3.63) is 0 Å². The van der Waals surface area contributed by atoms with Crippen LogP contribution < -0.4 is 5.73 Å². The van der Waals surface area contributed by atoms with Crippen LogP contribution in [0.2, 0.25) is 0 Å². The van der Waals surface area contributed by atoms with Gasteiger partial charge in [-0.1, -0.05) is 0 Å². The maximum absolute atomic E-state index is 12.5. The van der Waals surface area contributed by atoms with E-state index in [1.54, 1.807) is 7.05 Å². The molecule has 2 heterocycles. The van der Waals surface area contributed by atoms with Gasteiger partial charge in [-0.3, -0.25) is 9.59 Å². The largest absolute Gasteiger partial charge is 0.481 e. The molecule has 108 valence electrons. The Morgan fingerprint density at radius 2 is 1.89 bits per heavy atom. The van der Waals surface area contributed by atoms with Crippen molar-refractivity contribution in [1.29, 1.82) is 0 Å². The van der Waals surface area contributed by atoms with Crippen molar-refractivity contribution in [1.82, 2.24) is 4.90 Å². The molecule has 2 saturated heterocycles. The van der Waals surface area contributed by atoms with Crippen molar-refractivity contribution in [3.8, 4) is 0 Å². The van der Waals surface area contributed by atoms with Gasteiger partial charge in [0.25, 0.3) is 0 Å². The number of carbonyl (C=O) groups excluding carboxylic acids is 1. The summed E-state index contributed by atoms with van der Waals surface area (Å²) in [6.45, 7) is 1.29. The van der Waals surface area contributed by atoms with Crippen LogP contribution in [0.5, 0.6) is 0 Å². The number of nitrogens with two attached hydrogens (primary N) is 1. The van der Waals surface area contributed by atoms with Gasteiger partial charge in [0, 0.05) is 20.3 Å². The fourth-order valence-corrected chi connectivity index (χ4v) is 2.61. The Morgan fingerprint density at radius 3 is 2.47 bits per heavy atom. The van der Waals surface area contributed by atoms with Gasteiger partial charge in [0.2, 0.25) is 5.91 Å². The Hall–Kier alpha value is -1.18. The van der Waals surface area contributed by atoms with Crippen LogP contribution in [0.3, 0.4) is 0 Å². The van der Waals surface area contributed by atoms with Gasteiger partial charge in [-0.05, 0) is 12.8 Å². The van der Waals surface area contributed by atoms with Gasteiger partial charge in [-0.15, -0.1) is 0 Å². The van der Waals surface area contributed by atoms with E-state index < -0.39 is 23.5 Å². The van der Waals surface area contributed by atoms with Gasteiger partial charge in [-0.2, -0.15) is 0 Å². The molecule has 0 spiro atoms. The van der Waals surface area contributed by atoms with E-state index in [0.717, 1.165) is 0 Å². The van der Waals surface area contributed by atoms with Gasteiger partial charge in [0.05, 0.1) is 24.8 Å². The van der Waals surface area contributed by atoms with Crippen molar-refractivity contribution in [2.45, 2.75) is 24.4 Å². The summed E-state index contributed by atoms with van der Waals surface area (Å²) >= 11 is 0. The SMILES string of the molecule is CN(C(=O)C1(N)CCOCC1)C1COCC1C(=O)O. The molecule has 0 aromatic carbocycles. The van der Waals surface area contributed by atoms with Gasteiger partial charge in [-0.25, -0.2) is 0 Å². The van der Waals surface area contributed by atoms with Gasteiger partial charge in [0.1, 0.15) is 5.92 Å². The highest BCUT2D eigenvalue weighted by Crippen LogP contribution is 2.25. The number of hydrogen-bond acceptors (Lipinski definition) is 5. The molecule has 7 heteroatoms. The fourth-order valence-electron chi connectivity index (χ4n) is 2.61. The van der Waals surface area contributed by atoms with E-state index in [1.165, 1.54) is 4.90 Å². The predicted octanol–water partition coefficient (Wildman–Crippen LogP) is -0.948. The lowest BCUT2D eigenvalue weighted by Gasteiger charge is -2.38. The van der Waals surface area contributed by atoms with Crippen LogP contribution >= 0.6 is 0 Å². The van der Waals surface area contributed by atoms with E-state index in [9.17, 15) is 9.59 Å². The molecule has 0 aromatic rings. The second-order valence-electron chi connectivity index (χ2n) is 5.23. The molecule has 0 aromatic heterocycles. The molecule has 0 saturated carbocycles. The minimum atomic E-state index is -0.946. The zero-order valence-electron chi connectivity index (χ0n) is 11.0. The molecule has 2 aliphatic rings. The van der Waals surface area contributed by atoms with Gasteiger partial charge in [0.15, 0.2) is 0 Å². The molecule has 3 N–H and O–H groups in total. The lowest BCUT2D eigenvalue weighted by atomic mass is 9.88.